The van der Waals surface area contributed by atoms with E-state index in [0.717, 1.165) is 113 Å². The van der Waals surface area contributed by atoms with E-state index in [1.807, 2.05) is 12.1 Å². The molecule has 57 heavy (non-hydrogen) atoms. The van der Waals surface area contributed by atoms with E-state index in [-0.39, 0.29) is 10.8 Å². The summed E-state index contributed by atoms with van der Waals surface area (Å²) < 4.78 is 26.5. The van der Waals surface area contributed by atoms with Gasteiger partial charge in [0.2, 0.25) is 0 Å². The largest absolute Gasteiger partial charge is 0.456 e. The Bertz CT molecular complexity index is 3360. The topological polar surface area (TPSA) is 52.6 Å². The number of hydrogen-bond acceptors (Lipinski definition) is 4. The molecule has 4 heterocycles. The summed E-state index contributed by atoms with van der Waals surface area (Å²) in [4.78, 5) is 0. The second-order valence-corrected chi connectivity index (χ2v) is 17.5. The minimum atomic E-state index is -0.308. The van der Waals surface area contributed by atoms with E-state index in [9.17, 15) is 0 Å². The van der Waals surface area contributed by atoms with Crippen molar-refractivity contribution in [1.29, 1.82) is 0 Å². The first-order valence-corrected chi connectivity index (χ1v) is 20.0. The van der Waals surface area contributed by atoms with Crippen LogP contribution in [0.15, 0.2) is 139 Å². The summed E-state index contributed by atoms with van der Waals surface area (Å²) in [6.07, 6.45) is 6.39. The molecule has 0 saturated carbocycles. The Morgan fingerprint density at radius 1 is 0.526 bits per heavy atom. The predicted molar refractivity (Wildman–Crippen MR) is 233 cm³/mol. The fourth-order valence-corrected chi connectivity index (χ4v) is 10.0. The first kappa shape index (κ1) is 32.7. The summed E-state index contributed by atoms with van der Waals surface area (Å²) in [7, 11) is 0. The van der Waals surface area contributed by atoms with Gasteiger partial charge >= 0.3 is 0 Å². The molecule has 0 unspecified atom stereocenters. The van der Waals surface area contributed by atoms with Crippen LogP contribution in [0.4, 0.5) is 0 Å². The molecule has 0 spiro atoms. The number of aryl methyl sites for hydroxylation is 1. The monoisotopic (exact) mass is 740 g/mol. The molecular formula is C53H40O4. The van der Waals surface area contributed by atoms with Gasteiger partial charge in [0, 0.05) is 71.3 Å². The number of furan rings is 4. The Kier molecular flexibility index (Phi) is 6.48. The Labute approximate surface area is 330 Å². The van der Waals surface area contributed by atoms with Crippen LogP contribution >= 0.6 is 0 Å². The van der Waals surface area contributed by atoms with Gasteiger partial charge in [-0.1, -0.05) is 120 Å². The molecule has 4 heteroatoms. The molecule has 0 saturated heterocycles. The lowest BCUT2D eigenvalue weighted by molar-refractivity contribution is 0.567. The lowest BCUT2D eigenvalue weighted by atomic mass is 9.79. The van der Waals surface area contributed by atoms with Crippen LogP contribution in [-0.4, -0.2) is 0 Å². The normalized spacial score (nSPS) is 14.7. The SMILES string of the molecule is CC(C)(C)c1c(-c2ccc3c(c2)C(C)(C)c2c-3oc3ccc(-c4cccc5c6c(oc45)C=CCC6)cc23)oc2ccc(-c3cccc4c3oc3ccccc34)cc12. The highest BCUT2D eigenvalue weighted by Crippen LogP contribution is 2.55. The van der Waals surface area contributed by atoms with Crippen molar-refractivity contribution >= 4 is 60.9 Å². The fraction of sp³-hybridized carbons (Fsp3) is 0.170. The molecule has 2 aliphatic carbocycles. The molecule has 2 aliphatic rings. The third kappa shape index (κ3) is 4.56. The van der Waals surface area contributed by atoms with Gasteiger partial charge < -0.3 is 17.7 Å². The number of benzene rings is 6. The van der Waals surface area contributed by atoms with Crippen LogP contribution in [0.2, 0.25) is 0 Å². The molecule has 0 bridgehead atoms. The summed E-state index contributed by atoms with van der Waals surface area (Å²) in [6, 6.07) is 41.2. The second-order valence-electron chi connectivity index (χ2n) is 17.5. The van der Waals surface area contributed by atoms with Crippen molar-refractivity contribution in [2.24, 2.45) is 0 Å². The van der Waals surface area contributed by atoms with Gasteiger partial charge in [-0.2, -0.15) is 0 Å². The third-order valence-corrected chi connectivity index (χ3v) is 12.7. The fourth-order valence-electron chi connectivity index (χ4n) is 10.0. The Morgan fingerprint density at radius 2 is 1.18 bits per heavy atom. The zero-order valence-electron chi connectivity index (χ0n) is 32.7. The van der Waals surface area contributed by atoms with Crippen molar-refractivity contribution < 1.29 is 17.7 Å². The molecule has 0 amide bonds. The van der Waals surface area contributed by atoms with E-state index < -0.39 is 0 Å². The van der Waals surface area contributed by atoms with Crippen LogP contribution in [0.5, 0.6) is 0 Å². The minimum Gasteiger partial charge on any atom is -0.456 e. The Hall–Kier alpha value is -6.52. The summed E-state index contributed by atoms with van der Waals surface area (Å²) in [5, 5.41) is 5.74. The van der Waals surface area contributed by atoms with Crippen molar-refractivity contribution in [2.75, 3.05) is 0 Å². The maximum Gasteiger partial charge on any atom is 0.143 e. The zero-order valence-corrected chi connectivity index (χ0v) is 32.7. The molecule has 0 atom stereocenters. The standard InChI is InChI=1S/C53H40O4/c1-52(2,3)46-39-26-29(32-14-10-16-36-34-12-6-8-18-42(34)55-49(32)36)21-24-44(39)54-48(46)31-20-23-38-41(28-31)53(4,5)47-40-27-30(22-25-45(40)57-51(38)47)33-15-11-17-37-35-13-7-9-19-43(35)56-50(33)37/h6,8-12,14-28H,7,13H2,1-5H3. The van der Waals surface area contributed by atoms with Crippen LogP contribution in [0.3, 0.4) is 0 Å². The molecule has 6 aromatic carbocycles. The molecular weight excluding hydrogens is 701 g/mol. The highest BCUT2D eigenvalue weighted by Gasteiger charge is 2.41. The van der Waals surface area contributed by atoms with Crippen molar-refractivity contribution in [3.8, 4) is 44.9 Å². The predicted octanol–water partition coefficient (Wildman–Crippen LogP) is 15.4. The average Bonchev–Trinajstić information content (AvgIpc) is 4.02. The van der Waals surface area contributed by atoms with Crippen molar-refractivity contribution in [2.45, 2.75) is 58.3 Å². The van der Waals surface area contributed by atoms with E-state index in [1.54, 1.807) is 0 Å². The molecule has 0 radical (unpaired) electrons. The quantitative estimate of drug-likeness (QED) is 0.181. The first-order valence-electron chi connectivity index (χ1n) is 20.0. The second kappa shape index (κ2) is 11.3. The highest BCUT2D eigenvalue weighted by molar-refractivity contribution is 6.10. The maximum atomic E-state index is 6.86. The van der Waals surface area contributed by atoms with E-state index in [2.05, 4.69) is 150 Å². The van der Waals surface area contributed by atoms with E-state index in [1.165, 1.54) is 27.6 Å². The number of hydrogen-bond donors (Lipinski definition) is 0. The summed E-state index contributed by atoms with van der Waals surface area (Å²) in [5.74, 6) is 2.85. The van der Waals surface area contributed by atoms with Crippen LogP contribution in [-0.2, 0) is 17.3 Å². The van der Waals surface area contributed by atoms with Gasteiger partial charge in [0.1, 0.15) is 45.2 Å². The van der Waals surface area contributed by atoms with Gasteiger partial charge in [-0.05, 0) is 77.4 Å². The van der Waals surface area contributed by atoms with Crippen molar-refractivity contribution in [3.05, 3.63) is 149 Å². The van der Waals surface area contributed by atoms with E-state index in [4.69, 9.17) is 17.7 Å². The number of allylic oxidation sites excluding steroid dienone is 1. The summed E-state index contributed by atoms with van der Waals surface area (Å²) in [6.45, 7) is 11.5. The zero-order chi connectivity index (χ0) is 38.4. The first-order chi connectivity index (χ1) is 27.6. The lowest BCUT2D eigenvalue weighted by Gasteiger charge is -2.23. The smallest absolute Gasteiger partial charge is 0.143 e. The van der Waals surface area contributed by atoms with Crippen molar-refractivity contribution in [1.82, 2.24) is 0 Å². The van der Waals surface area contributed by atoms with Crippen LogP contribution < -0.4 is 0 Å². The van der Waals surface area contributed by atoms with Crippen LogP contribution in [0.1, 0.15) is 69.1 Å². The molecule has 10 aromatic rings. The maximum absolute atomic E-state index is 6.86. The van der Waals surface area contributed by atoms with E-state index >= 15 is 0 Å². The van der Waals surface area contributed by atoms with Gasteiger partial charge in [0.15, 0.2) is 0 Å². The van der Waals surface area contributed by atoms with Gasteiger partial charge in [-0.15, -0.1) is 0 Å². The number of rotatable bonds is 3. The Balaban J connectivity index is 0.976. The lowest BCUT2D eigenvalue weighted by Crippen LogP contribution is -2.15. The molecule has 4 aromatic heterocycles. The highest BCUT2D eigenvalue weighted by atomic mass is 16.3. The molecule has 12 rings (SSSR count). The number of fused-ring (bicyclic) bond motifs is 12. The molecule has 0 aliphatic heterocycles. The summed E-state index contributed by atoms with van der Waals surface area (Å²) in [5.41, 5.74) is 15.7. The van der Waals surface area contributed by atoms with E-state index in [0.29, 0.717) is 0 Å². The number of para-hydroxylation sites is 3. The van der Waals surface area contributed by atoms with Crippen molar-refractivity contribution in [3.63, 3.8) is 0 Å². The average molecular weight is 741 g/mol. The molecule has 0 fully saturated rings. The molecule has 276 valence electrons. The molecule has 4 nitrogen and oxygen atoms in total. The Morgan fingerprint density at radius 3 is 1.96 bits per heavy atom. The minimum absolute atomic E-state index is 0.190. The van der Waals surface area contributed by atoms with Gasteiger partial charge in [-0.25, -0.2) is 0 Å². The third-order valence-electron chi connectivity index (χ3n) is 12.7. The van der Waals surface area contributed by atoms with Crippen LogP contribution in [0.25, 0.3) is 106 Å². The van der Waals surface area contributed by atoms with Crippen LogP contribution in [0, 0.1) is 0 Å². The van der Waals surface area contributed by atoms with Gasteiger partial charge in [0.05, 0.1) is 0 Å². The van der Waals surface area contributed by atoms with Gasteiger partial charge in [-0.3, -0.25) is 0 Å². The molecule has 0 N–H and O–H groups in total. The summed E-state index contributed by atoms with van der Waals surface area (Å²) >= 11 is 0. The van der Waals surface area contributed by atoms with Gasteiger partial charge in [0.25, 0.3) is 0 Å².